The zero-order valence-corrected chi connectivity index (χ0v) is 15.7. The van der Waals surface area contributed by atoms with Crippen LogP contribution in [0.3, 0.4) is 0 Å². The Balaban J connectivity index is 2.01. The molecule has 0 unspecified atom stereocenters. The fourth-order valence-electron chi connectivity index (χ4n) is 3.02. The van der Waals surface area contributed by atoms with Gasteiger partial charge in [-0.1, -0.05) is 26.8 Å². The molecule has 2 rings (SSSR count). The average molecular weight is 317 g/mol. The maximum atomic E-state index is 12.3. The number of hydrogen-bond acceptors (Lipinski definition) is 3. The highest BCUT2D eigenvalue weighted by molar-refractivity contribution is 5.90. The van der Waals surface area contributed by atoms with Gasteiger partial charge in [0.2, 0.25) is 0 Å². The maximum Gasteiger partial charge on any atom is 0.338 e. The van der Waals surface area contributed by atoms with Crippen LogP contribution in [0.15, 0.2) is 18.2 Å². The number of carbonyl (C=O) groups is 1. The summed E-state index contributed by atoms with van der Waals surface area (Å²) in [5, 5.41) is 0. The van der Waals surface area contributed by atoms with Crippen molar-refractivity contribution in [1.29, 1.82) is 0 Å². The van der Waals surface area contributed by atoms with Crippen LogP contribution in [-0.4, -0.2) is 35.6 Å². The van der Waals surface area contributed by atoms with Gasteiger partial charge in [0.25, 0.3) is 0 Å². The summed E-state index contributed by atoms with van der Waals surface area (Å²) in [4.78, 5) is 14.7. The first-order valence-electron chi connectivity index (χ1n) is 8.62. The van der Waals surface area contributed by atoms with Crippen LogP contribution in [0.2, 0.25) is 0 Å². The number of hydrogen-bond donors (Lipinski definition) is 0. The number of benzene rings is 1. The Bertz CT molecular complexity index is 578. The summed E-state index contributed by atoms with van der Waals surface area (Å²) in [5.41, 5.74) is 3.41. The van der Waals surface area contributed by atoms with Gasteiger partial charge in [0, 0.05) is 18.6 Å². The Morgan fingerprint density at radius 2 is 1.83 bits per heavy atom. The van der Waals surface area contributed by atoms with Gasteiger partial charge in [0.05, 0.1) is 5.56 Å². The van der Waals surface area contributed by atoms with Crippen molar-refractivity contribution in [3.63, 3.8) is 0 Å². The van der Waals surface area contributed by atoms with Crippen LogP contribution in [0.5, 0.6) is 0 Å². The number of ether oxygens (including phenoxy) is 1. The lowest BCUT2D eigenvalue weighted by molar-refractivity contribution is -0.0645. The fourth-order valence-corrected chi connectivity index (χ4v) is 3.02. The molecular weight excluding hydrogens is 286 g/mol. The van der Waals surface area contributed by atoms with Crippen LogP contribution < -0.4 is 0 Å². The summed E-state index contributed by atoms with van der Waals surface area (Å²) >= 11 is 0. The predicted octanol–water partition coefficient (Wildman–Crippen LogP) is 4.32. The number of carbonyl (C=O) groups excluding carboxylic acids is 1. The molecule has 1 saturated heterocycles. The molecule has 0 bridgehead atoms. The van der Waals surface area contributed by atoms with Crippen LogP contribution in [0.4, 0.5) is 0 Å². The number of rotatable bonds is 4. The molecule has 1 heterocycles. The van der Waals surface area contributed by atoms with Crippen LogP contribution in [0.25, 0.3) is 0 Å². The van der Waals surface area contributed by atoms with Crippen molar-refractivity contribution in [3.05, 3.63) is 34.9 Å². The van der Waals surface area contributed by atoms with Crippen LogP contribution >= 0.6 is 0 Å². The molecular formula is C20H31NO2. The largest absolute Gasteiger partial charge is 0.456 e. The minimum atomic E-state index is -0.201. The van der Waals surface area contributed by atoms with E-state index < -0.39 is 0 Å². The van der Waals surface area contributed by atoms with Gasteiger partial charge >= 0.3 is 5.97 Å². The third kappa shape index (κ3) is 3.95. The Morgan fingerprint density at radius 3 is 2.30 bits per heavy atom. The SMILES string of the molecule is CCC(C)(C)c1ccc(C(=O)OC2CN(C(C)(C)C)C2)cc1C. The van der Waals surface area contributed by atoms with E-state index in [4.69, 9.17) is 4.74 Å². The van der Waals surface area contributed by atoms with Crippen molar-refractivity contribution in [2.45, 2.75) is 71.9 Å². The number of aryl methyl sites for hydroxylation is 1. The zero-order chi connectivity index (χ0) is 17.4. The minimum absolute atomic E-state index is 0.0220. The van der Waals surface area contributed by atoms with E-state index in [-0.39, 0.29) is 23.0 Å². The molecule has 1 aliphatic heterocycles. The van der Waals surface area contributed by atoms with E-state index in [0.717, 1.165) is 25.1 Å². The van der Waals surface area contributed by atoms with Gasteiger partial charge in [-0.15, -0.1) is 0 Å². The quantitative estimate of drug-likeness (QED) is 0.775. The maximum absolute atomic E-state index is 12.3. The topological polar surface area (TPSA) is 29.5 Å². The molecule has 0 amide bonds. The number of likely N-dealkylation sites (tertiary alicyclic amines) is 1. The lowest BCUT2D eigenvalue weighted by Crippen LogP contribution is -2.60. The van der Waals surface area contributed by atoms with Crippen molar-refractivity contribution in [2.24, 2.45) is 0 Å². The van der Waals surface area contributed by atoms with E-state index in [9.17, 15) is 4.79 Å². The van der Waals surface area contributed by atoms with E-state index in [1.165, 1.54) is 5.56 Å². The van der Waals surface area contributed by atoms with Crippen molar-refractivity contribution in [3.8, 4) is 0 Å². The molecule has 1 fully saturated rings. The summed E-state index contributed by atoms with van der Waals surface area (Å²) in [6.45, 7) is 17.0. The molecule has 0 spiro atoms. The lowest BCUT2D eigenvalue weighted by Gasteiger charge is -2.46. The summed E-state index contributed by atoms with van der Waals surface area (Å²) < 4.78 is 5.62. The molecule has 1 aliphatic rings. The average Bonchev–Trinajstić information content (AvgIpc) is 2.40. The third-order valence-corrected chi connectivity index (χ3v) is 5.15. The Morgan fingerprint density at radius 1 is 1.22 bits per heavy atom. The van der Waals surface area contributed by atoms with Gasteiger partial charge in [0.1, 0.15) is 6.10 Å². The normalized spacial score (nSPS) is 17.0. The van der Waals surface area contributed by atoms with Gasteiger partial charge in [-0.3, -0.25) is 4.90 Å². The summed E-state index contributed by atoms with van der Waals surface area (Å²) in [5.74, 6) is -0.201. The van der Waals surface area contributed by atoms with E-state index in [1.54, 1.807) is 0 Å². The number of nitrogens with zero attached hydrogens (tertiary/aromatic N) is 1. The molecule has 3 heteroatoms. The van der Waals surface area contributed by atoms with E-state index >= 15 is 0 Å². The highest BCUT2D eigenvalue weighted by Crippen LogP contribution is 2.30. The first-order chi connectivity index (χ1) is 10.5. The second-order valence-electron chi connectivity index (χ2n) is 8.37. The summed E-state index contributed by atoms with van der Waals surface area (Å²) in [6.07, 6.45) is 1.09. The van der Waals surface area contributed by atoms with Gasteiger partial charge in [0.15, 0.2) is 0 Å². The fraction of sp³-hybridized carbons (Fsp3) is 0.650. The van der Waals surface area contributed by atoms with Gasteiger partial charge in [-0.05, 0) is 62.8 Å². The first-order valence-corrected chi connectivity index (χ1v) is 8.62. The Kier molecular flexibility index (Phi) is 4.91. The monoisotopic (exact) mass is 317 g/mol. The van der Waals surface area contributed by atoms with Gasteiger partial charge in [-0.25, -0.2) is 4.79 Å². The third-order valence-electron chi connectivity index (χ3n) is 5.15. The van der Waals surface area contributed by atoms with Crippen LogP contribution in [-0.2, 0) is 10.2 Å². The molecule has 0 saturated carbocycles. The Labute approximate surface area is 141 Å². The molecule has 128 valence electrons. The van der Waals surface area contributed by atoms with E-state index in [0.29, 0.717) is 5.56 Å². The molecule has 0 atom stereocenters. The second-order valence-corrected chi connectivity index (χ2v) is 8.37. The van der Waals surface area contributed by atoms with Crippen LogP contribution in [0, 0.1) is 6.92 Å². The van der Waals surface area contributed by atoms with Crippen LogP contribution in [0.1, 0.15) is 69.4 Å². The highest BCUT2D eigenvalue weighted by Gasteiger charge is 2.36. The van der Waals surface area contributed by atoms with Crippen molar-refractivity contribution < 1.29 is 9.53 Å². The predicted molar refractivity (Wildman–Crippen MR) is 95.0 cm³/mol. The minimum Gasteiger partial charge on any atom is -0.456 e. The molecule has 1 aromatic carbocycles. The number of esters is 1. The molecule has 0 aromatic heterocycles. The standard InChI is InChI=1S/C20H31NO2/c1-8-20(6,7)17-10-9-15(11-14(17)2)18(22)23-16-12-21(13-16)19(3,4)5/h9-11,16H,8,12-13H2,1-7H3. The zero-order valence-electron chi connectivity index (χ0n) is 15.7. The van der Waals surface area contributed by atoms with Crippen molar-refractivity contribution in [1.82, 2.24) is 4.90 Å². The highest BCUT2D eigenvalue weighted by atomic mass is 16.5. The molecule has 0 radical (unpaired) electrons. The van der Waals surface area contributed by atoms with E-state index in [1.807, 2.05) is 12.1 Å². The molecule has 3 nitrogen and oxygen atoms in total. The van der Waals surface area contributed by atoms with Crippen molar-refractivity contribution in [2.75, 3.05) is 13.1 Å². The van der Waals surface area contributed by atoms with E-state index in [2.05, 4.69) is 59.4 Å². The Hall–Kier alpha value is -1.35. The van der Waals surface area contributed by atoms with Gasteiger partial charge < -0.3 is 4.74 Å². The summed E-state index contributed by atoms with van der Waals surface area (Å²) in [7, 11) is 0. The first kappa shape index (κ1) is 18.0. The van der Waals surface area contributed by atoms with Gasteiger partial charge in [-0.2, -0.15) is 0 Å². The molecule has 1 aromatic rings. The van der Waals surface area contributed by atoms with Crippen molar-refractivity contribution >= 4 is 5.97 Å². The smallest absolute Gasteiger partial charge is 0.338 e. The molecule has 23 heavy (non-hydrogen) atoms. The molecule has 0 aliphatic carbocycles. The second kappa shape index (κ2) is 6.27. The lowest BCUT2D eigenvalue weighted by atomic mass is 9.79. The summed E-state index contributed by atoms with van der Waals surface area (Å²) in [6, 6.07) is 5.95. The molecule has 0 N–H and O–H groups in total.